The first-order valence-corrected chi connectivity index (χ1v) is 5.77. The zero-order valence-electron chi connectivity index (χ0n) is 9.22. The smallest absolute Gasteiger partial charge is 0.253 e. The zero-order valence-corrected chi connectivity index (χ0v) is 10.1. The van der Waals surface area contributed by atoms with Crippen LogP contribution in [0.2, 0.25) is 0 Å². The summed E-state index contributed by atoms with van der Waals surface area (Å²) >= 11 is 4.23. The molecule has 1 heterocycles. The lowest BCUT2D eigenvalue weighted by Crippen LogP contribution is -2.37. The van der Waals surface area contributed by atoms with Crippen LogP contribution < -0.4 is 0 Å². The molecule has 16 heavy (non-hydrogen) atoms. The SMILES string of the molecule is CN(C(=O)c1cccc(S)c1)C1CCOC1. The number of thiol groups is 1. The molecule has 0 radical (unpaired) electrons. The summed E-state index contributed by atoms with van der Waals surface area (Å²) in [7, 11) is 1.83. The third-order valence-electron chi connectivity index (χ3n) is 2.87. The van der Waals surface area contributed by atoms with Gasteiger partial charge in [0.05, 0.1) is 12.6 Å². The topological polar surface area (TPSA) is 29.5 Å². The monoisotopic (exact) mass is 237 g/mol. The molecule has 0 aliphatic carbocycles. The molecular formula is C12H15NO2S. The minimum Gasteiger partial charge on any atom is -0.379 e. The quantitative estimate of drug-likeness (QED) is 0.795. The highest BCUT2D eigenvalue weighted by molar-refractivity contribution is 7.80. The summed E-state index contributed by atoms with van der Waals surface area (Å²) in [5.74, 6) is 0.0337. The van der Waals surface area contributed by atoms with Crippen LogP contribution in [-0.2, 0) is 4.74 Å². The van der Waals surface area contributed by atoms with Gasteiger partial charge in [-0.15, -0.1) is 12.6 Å². The van der Waals surface area contributed by atoms with Crippen LogP contribution in [0.3, 0.4) is 0 Å². The number of benzene rings is 1. The number of hydrogen-bond acceptors (Lipinski definition) is 3. The second kappa shape index (κ2) is 4.89. The molecule has 3 nitrogen and oxygen atoms in total. The average Bonchev–Trinajstić information content (AvgIpc) is 2.80. The average molecular weight is 237 g/mol. The van der Waals surface area contributed by atoms with E-state index in [4.69, 9.17) is 4.74 Å². The number of rotatable bonds is 2. The first-order valence-electron chi connectivity index (χ1n) is 5.32. The predicted octanol–water partition coefficient (Wildman–Crippen LogP) is 1.84. The van der Waals surface area contributed by atoms with Crippen molar-refractivity contribution in [2.24, 2.45) is 0 Å². The molecule has 1 aliphatic heterocycles. The van der Waals surface area contributed by atoms with E-state index in [9.17, 15) is 4.79 Å². The molecule has 0 N–H and O–H groups in total. The van der Waals surface area contributed by atoms with E-state index in [1.807, 2.05) is 25.2 Å². The third kappa shape index (κ3) is 2.39. The molecule has 1 aromatic carbocycles. The van der Waals surface area contributed by atoms with Crippen LogP contribution in [0.5, 0.6) is 0 Å². The van der Waals surface area contributed by atoms with E-state index in [1.165, 1.54) is 0 Å². The van der Waals surface area contributed by atoms with Gasteiger partial charge in [-0.2, -0.15) is 0 Å². The van der Waals surface area contributed by atoms with E-state index >= 15 is 0 Å². The van der Waals surface area contributed by atoms with Crippen LogP contribution >= 0.6 is 12.6 Å². The molecule has 0 aromatic heterocycles. The normalized spacial score (nSPS) is 19.8. The Hall–Kier alpha value is -1.00. The molecule has 0 spiro atoms. The fourth-order valence-electron chi connectivity index (χ4n) is 1.84. The molecule has 1 amide bonds. The van der Waals surface area contributed by atoms with Gasteiger partial charge in [0.1, 0.15) is 0 Å². The van der Waals surface area contributed by atoms with Crippen molar-refractivity contribution in [2.75, 3.05) is 20.3 Å². The lowest BCUT2D eigenvalue weighted by molar-refractivity contribution is 0.0711. The number of carbonyl (C=O) groups excluding carboxylic acids is 1. The predicted molar refractivity (Wildman–Crippen MR) is 65.0 cm³/mol. The number of ether oxygens (including phenoxy) is 1. The molecule has 4 heteroatoms. The highest BCUT2D eigenvalue weighted by Gasteiger charge is 2.24. The lowest BCUT2D eigenvalue weighted by Gasteiger charge is -2.23. The first kappa shape index (κ1) is 11.5. The maximum absolute atomic E-state index is 12.1. The van der Waals surface area contributed by atoms with Gasteiger partial charge in [-0.3, -0.25) is 4.79 Å². The van der Waals surface area contributed by atoms with Crippen LogP contribution in [0.15, 0.2) is 29.2 Å². The second-order valence-corrected chi connectivity index (χ2v) is 4.50. The Morgan fingerprint density at radius 1 is 1.56 bits per heavy atom. The van der Waals surface area contributed by atoms with Gasteiger partial charge in [0.25, 0.3) is 5.91 Å². The summed E-state index contributed by atoms with van der Waals surface area (Å²) in [6, 6.07) is 7.51. The van der Waals surface area contributed by atoms with Gasteiger partial charge >= 0.3 is 0 Å². The van der Waals surface area contributed by atoms with E-state index in [-0.39, 0.29) is 11.9 Å². The molecular weight excluding hydrogens is 222 g/mol. The Morgan fingerprint density at radius 2 is 2.38 bits per heavy atom. The molecule has 1 fully saturated rings. The van der Waals surface area contributed by atoms with Crippen molar-refractivity contribution in [3.63, 3.8) is 0 Å². The van der Waals surface area contributed by atoms with Crippen LogP contribution in [0.1, 0.15) is 16.8 Å². The van der Waals surface area contributed by atoms with Crippen molar-refractivity contribution in [3.05, 3.63) is 29.8 Å². The number of amides is 1. The van der Waals surface area contributed by atoms with Gasteiger partial charge < -0.3 is 9.64 Å². The minimum absolute atomic E-state index is 0.0337. The Morgan fingerprint density at radius 3 is 3.00 bits per heavy atom. The molecule has 1 unspecified atom stereocenters. The Labute approximate surface area is 101 Å². The van der Waals surface area contributed by atoms with E-state index in [0.29, 0.717) is 12.2 Å². The highest BCUT2D eigenvalue weighted by atomic mass is 32.1. The third-order valence-corrected chi connectivity index (χ3v) is 3.14. The summed E-state index contributed by atoms with van der Waals surface area (Å²) < 4.78 is 5.28. The molecule has 1 aliphatic rings. The van der Waals surface area contributed by atoms with E-state index in [0.717, 1.165) is 17.9 Å². The summed E-state index contributed by atoms with van der Waals surface area (Å²) in [5, 5.41) is 0. The van der Waals surface area contributed by atoms with Gasteiger partial charge in [-0.05, 0) is 24.6 Å². The van der Waals surface area contributed by atoms with Crippen LogP contribution in [0, 0.1) is 0 Å². The molecule has 1 atom stereocenters. The molecule has 1 saturated heterocycles. The van der Waals surface area contributed by atoms with Crippen LogP contribution in [0.4, 0.5) is 0 Å². The second-order valence-electron chi connectivity index (χ2n) is 3.98. The Kier molecular flexibility index (Phi) is 3.51. The largest absolute Gasteiger partial charge is 0.379 e. The number of likely N-dealkylation sites (N-methyl/N-ethyl adjacent to an activating group) is 1. The summed E-state index contributed by atoms with van der Waals surface area (Å²) in [6.45, 7) is 1.39. The van der Waals surface area contributed by atoms with Crippen molar-refractivity contribution >= 4 is 18.5 Å². The summed E-state index contributed by atoms with van der Waals surface area (Å²) in [4.78, 5) is 14.7. The standard InChI is InChI=1S/C12H15NO2S/c1-13(10-5-6-15-8-10)12(14)9-3-2-4-11(16)7-9/h2-4,7,10,16H,5-6,8H2,1H3. The van der Waals surface area contributed by atoms with Crippen molar-refractivity contribution in [2.45, 2.75) is 17.4 Å². The summed E-state index contributed by atoms with van der Waals surface area (Å²) in [6.07, 6.45) is 0.919. The molecule has 0 saturated carbocycles. The number of hydrogen-bond donors (Lipinski definition) is 1. The van der Waals surface area contributed by atoms with Gasteiger partial charge in [0.2, 0.25) is 0 Å². The van der Waals surface area contributed by atoms with Crippen molar-refractivity contribution < 1.29 is 9.53 Å². The minimum atomic E-state index is 0.0337. The van der Waals surface area contributed by atoms with Crippen molar-refractivity contribution in [3.8, 4) is 0 Å². The van der Waals surface area contributed by atoms with Gasteiger partial charge in [-0.1, -0.05) is 6.07 Å². The van der Waals surface area contributed by atoms with E-state index < -0.39 is 0 Å². The maximum atomic E-state index is 12.1. The van der Waals surface area contributed by atoms with Crippen LogP contribution in [0.25, 0.3) is 0 Å². The molecule has 86 valence electrons. The Balaban J connectivity index is 2.12. The number of nitrogens with zero attached hydrogens (tertiary/aromatic N) is 1. The van der Waals surface area contributed by atoms with Gasteiger partial charge in [-0.25, -0.2) is 0 Å². The molecule has 0 bridgehead atoms. The molecule has 1 aromatic rings. The Bertz CT molecular complexity index is 388. The summed E-state index contributed by atoms with van der Waals surface area (Å²) in [5.41, 5.74) is 0.682. The fraction of sp³-hybridized carbons (Fsp3) is 0.417. The fourth-order valence-corrected chi connectivity index (χ4v) is 2.06. The van der Waals surface area contributed by atoms with Crippen molar-refractivity contribution in [1.82, 2.24) is 4.90 Å². The highest BCUT2D eigenvalue weighted by Crippen LogP contribution is 2.16. The molecule has 2 rings (SSSR count). The zero-order chi connectivity index (χ0) is 11.5. The van der Waals surface area contributed by atoms with Crippen molar-refractivity contribution in [1.29, 1.82) is 0 Å². The van der Waals surface area contributed by atoms with Gasteiger partial charge in [0, 0.05) is 24.1 Å². The maximum Gasteiger partial charge on any atom is 0.253 e. The first-order chi connectivity index (χ1) is 7.68. The van der Waals surface area contributed by atoms with Gasteiger partial charge in [0.15, 0.2) is 0 Å². The number of carbonyl (C=O) groups is 1. The van der Waals surface area contributed by atoms with E-state index in [2.05, 4.69) is 12.6 Å². The van der Waals surface area contributed by atoms with E-state index in [1.54, 1.807) is 11.0 Å². The van der Waals surface area contributed by atoms with Crippen LogP contribution in [-0.4, -0.2) is 37.1 Å². The lowest BCUT2D eigenvalue weighted by atomic mass is 10.1.